The molecule has 0 heterocycles. The molecule has 2 rings (SSSR count). The van der Waals surface area contributed by atoms with Gasteiger partial charge in [0.25, 0.3) is 0 Å². The predicted molar refractivity (Wildman–Crippen MR) is 149 cm³/mol. The summed E-state index contributed by atoms with van der Waals surface area (Å²) in [5.41, 5.74) is 3.08. The third-order valence-electron chi connectivity index (χ3n) is 6.76. The molecule has 0 fully saturated rings. The van der Waals surface area contributed by atoms with Crippen LogP contribution in [0.4, 0.5) is 0 Å². The van der Waals surface area contributed by atoms with Crippen LogP contribution in [0.15, 0.2) is 12.1 Å². The van der Waals surface area contributed by atoms with Crippen molar-refractivity contribution in [3.05, 3.63) is 56.6 Å². The van der Waals surface area contributed by atoms with E-state index in [1.165, 1.54) is 0 Å². The molecule has 212 valence electrons. The van der Waals surface area contributed by atoms with Crippen molar-refractivity contribution >= 4 is 11.9 Å². The molecule has 0 bridgehead atoms. The summed E-state index contributed by atoms with van der Waals surface area (Å²) in [6.07, 6.45) is 0. The van der Waals surface area contributed by atoms with Crippen LogP contribution in [0.3, 0.4) is 0 Å². The summed E-state index contributed by atoms with van der Waals surface area (Å²) >= 11 is 0. The van der Waals surface area contributed by atoms with Gasteiger partial charge >= 0.3 is 19.5 Å². The van der Waals surface area contributed by atoms with Gasteiger partial charge in [-0.2, -0.15) is 0 Å². The Kier molecular flexibility index (Phi) is 11.3. The molecule has 0 radical (unpaired) electrons. The topological polar surface area (TPSA) is 121 Å². The van der Waals surface area contributed by atoms with Crippen LogP contribution in [0.5, 0.6) is 11.5 Å². The van der Waals surface area contributed by atoms with Crippen molar-refractivity contribution in [3.8, 4) is 11.5 Å². The quantitative estimate of drug-likeness (QED) is 0.456. The average Bonchev–Trinajstić information content (AvgIpc) is 2.63. The molecule has 2 aromatic rings. The maximum absolute atomic E-state index is 11.3. The second-order valence-corrected chi connectivity index (χ2v) is 14.2. The van der Waals surface area contributed by atoms with Gasteiger partial charge in [0, 0.05) is 22.3 Å². The predicted octanol–water partition coefficient (Wildman–Crippen LogP) is 5.32. The van der Waals surface area contributed by atoms with Crippen molar-refractivity contribution in [1.82, 2.24) is 0 Å². The van der Waals surface area contributed by atoms with Crippen LogP contribution in [0.1, 0.15) is 137 Å². The third kappa shape index (κ3) is 8.30. The van der Waals surface area contributed by atoms with Gasteiger partial charge in [-0.1, -0.05) is 95.2 Å². The van der Waals surface area contributed by atoms with Crippen LogP contribution < -0.4 is 10.2 Å². The fourth-order valence-corrected chi connectivity index (χ4v) is 4.74. The molecule has 0 aromatic heterocycles. The van der Waals surface area contributed by atoms with Crippen molar-refractivity contribution in [2.75, 3.05) is 0 Å². The zero-order chi connectivity index (χ0) is 30.3. The van der Waals surface area contributed by atoms with Gasteiger partial charge in [-0.3, -0.25) is 0 Å². The molecule has 0 aliphatic carbocycles. The molecule has 7 heteroatoms. The fraction of sp³-hybridized carbons (Fsp3) is 0.562. The Hall–Kier alpha value is -2.40. The molecule has 39 heavy (non-hydrogen) atoms. The maximum Gasteiger partial charge on any atom is 2.00 e. The summed E-state index contributed by atoms with van der Waals surface area (Å²) < 4.78 is 0. The second kappa shape index (κ2) is 12.0. The second-order valence-electron chi connectivity index (χ2n) is 14.2. The molecular formula is C32H46O6Zn. The molecule has 0 aliphatic heterocycles. The van der Waals surface area contributed by atoms with E-state index in [1.807, 2.05) is 95.2 Å². The van der Waals surface area contributed by atoms with E-state index in [4.69, 9.17) is 0 Å². The minimum absolute atomic E-state index is 0. The van der Waals surface area contributed by atoms with E-state index in [1.54, 1.807) is 13.8 Å². The molecular weight excluding hydrogens is 546 g/mol. The summed E-state index contributed by atoms with van der Waals surface area (Å²) in [5.74, 6) is -2.99. The third-order valence-corrected chi connectivity index (χ3v) is 6.76. The Morgan fingerprint density at radius 3 is 0.897 bits per heavy atom. The van der Waals surface area contributed by atoms with Crippen molar-refractivity contribution < 1.29 is 49.5 Å². The first kappa shape index (κ1) is 36.6. The SMILES string of the molecule is Cc1c(C(C)(C)C)cc(C(C)(C)C)c(O)c1C(=O)[O-].Cc1c(C(C)(C)C)cc(C(C)(C)C)c(O)c1C(=O)[O-].[Zn+2]. The van der Waals surface area contributed by atoms with Crippen molar-refractivity contribution in [2.24, 2.45) is 0 Å². The van der Waals surface area contributed by atoms with Gasteiger partial charge in [-0.05, 0) is 57.8 Å². The van der Waals surface area contributed by atoms with Gasteiger partial charge in [-0.25, -0.2) is 0 Å². The Labute approximate surface area is 247 Å². The van der Waals surface area contributed by atoms with Crippen LogP contribution in [-0.4, -0.2) is 22.2 Å². The first-order valence-corrected chi connectivity index (χ1v) is 12.9. The van der Waals surface area contributed by atoms with E-state index in [0.29, 0.717) is 22.3 Å². The summed E-state index contributed by atoms with van der Waals surface area (Å²) in [6, 6.07) is 3.83. The van der Waals surface area contributed by atoms with Gasteiger partial charge in [0.2, 0.25) is 0 Å². The van der Waals surface area contributed by atoms with Gasteiger partial charge in [0.05, 0.1) is 11.9 Å². The number of carboxylic acid groups (broad SMARTS) is 2. The van der Waals surface area contributed by atoms with Crippen molar-refractivity contribution in [3.63, 3.8) is 0 Å². The zero-order valence-corrected chi connectivity index (χ0v) is 29.4. The van der Waals surface area contributed by atoms with Crippen molar-refractivity contribution in [1.29, 1.82) is 0 Å². The minimum atomic E-state index is -1.33. The number of phenols is 2. The number of hydrogen-bond acceptors (Lipinski definition) is 6. The monoisotopic (exact) mass is 590 g/mol. The van der Waals surface area contributed by atoms with Crippen LogP contribution >= 0.6 is 0 Å². The number of hydrogen-bond donors (Lipinski definition) is 2. The van der Waals surface area contributed by atoms with E-state index in [9.17, 15) is 30.0 Å². The molecule has 0 saturated carbocycles. The maximum atomic E-state index is 11.3. The number of carboxylic acids is 2. The van der Waals surface area contributed by atoms with E-state index < -0.39 is 11.9 Å². The van der Waals surface area contributed by atoms with Gasteiger partial charge in [0.15, 0.2) is 0 Å². The fourth-order valence-electron chi connectivity index (χ4n) is 4.74. The summed E-state index contributed by atoms with van der Waals surface area (Å²) in [5, 5.41) is 43.1. The summed E-state index contributed by atoms with van der Waals surface area (Å²) in [6.45, 7) is 27.3. The molecule has 0 saturated heterocycles. The molecule has 0 atom stereocenters. The van der Waals surface area contributed by atoms with Crippen LogP contribution in [0, 0.1) is 13.8 Å². The Morgan fingerprint density at radius 2 is 0.744 bits per heavy atom. The zero-order valence-electron chi connectivity index (χ0n) is 26.4. The van der Waals surface area contributed by atoms with Crippen LogP contribution in [0.25, 0.3) is 0 Å². The minimum Gasteiger partial charge on any atom is -0.545 e. The van der Waals surface area contributed by atoms with Gasteiger partial charge in [-0.15, -0.1) is 0 Å². The number of carbonyl (C=O) groups is 2. The Bertz CT molecular complexity index is 1060. The van der Waals surface area contributed by atoms with E-state index in [2.05, 4.69) is 0 Å². The molecule has 0 aliphatic rings. The molecule has 0 unspecified atom stereocenters. The number of benzene rings is 2. The smallest absolute Gasteiger partial charge is 0.545 e. The standard InChI is InChI=1S/2C16H24O3.Zn/c2*1-9-10(15(2,3)4)8-11(16(5,6)7)13(17)12(9)14(18)19;/h2*8,17H,1-7H3,(H,18,19);/q;;+2/p-2. The van der Waals surface area contributed by atoms with E-state index in [-0.39, 0.29) is 63.8 Å². The van der Waals surface area contributed by atoms with Crippen molar-refractivity contribution in [2.45, 2.75) is 119 Å². The van der Waals surface area contributed by atoms with Crippen LogP contribution in [0.2, 0.25) is 0 Å². The average molecular weight is 592 g/mol. The molecule has 0 amide bonds. The molecule has 6 nitrogen and oxygen atoms in total. The summed E-state index contributed by atoms with van der Waals surface area (Å²) in [7, 11) is 0. The van der Waals surface area contributed by atoms with Gasteiger partial charge in [0.1, 0.15) is 11.5 Å². The van der Waals surface area contributed by atoms with E-state index in [0.717, 1.165) is 11.1 Å². The number of carbonyl (C=O) groups excluding carboxylic acids is 2. The first-order valence-electron chi connectivity index (χ1n) is 12.9. The van der Waals surface area contributed by atoms with E-state index >= 15 is 0 Å². The molecule has 2 aromatic carbocycles. The van der Waals surface area contributed by atoms with Crippen LogP contribution in [-0.2, 0) is 41.1 Å². The molecule has 2 N–H and O–H groups in total. The molecule has 0 spiro atoms. The Balaban J connectivity index is 0.000000722. The van der Waals surface area contributed by atoms with Gasteiger partial charge < -0.3 is 30.0 Å². The number of rotatable bonds is 2. The number of aromatic carboxylic acids is 2. The number of aromatic hydroxyl groups is 2. The normalized spacial score (nSPS) is 12.3. The summed E-state index contributed by atoms with van der Waals surface area (Å²) in [4.78, 5) is 22.7. The largest absolute Gasteiger partial charge is 2.00 e. The Morgan fingerprint density at radius 1 is 0.538 bits per heavy atom. The first-order chi connectivity index (χ1) is 16.7.